The van der Waals surface area contributed by atoms with Gasteiger partial charge in [0.25, 0.3) is 5.91 Å². The molecule has 1 atom stereocenters. The molecule has 1 aromatic heterocycles. The van der Waals surface area contributed by atoms with Crippen LogP contribution in [0, 0.1) is 0 Å². The van der Waals surface area contributed by atoms with Crippen LogP contribution < -0.4 is 4.74 Å². The van der Waals surface area contributed by atoms with Gasteiger partial charge in [-0.3, -0.25) is 4.79 Å². The van der Waals surface area contributed by atoms with Crippen LogP contribution in [0.3, 0.4) is 0 Å². The lowest BCUT2D eigenvalue weighted by molar-refractivity contribution is -0.0408. The number of benzene rings is 1. The van der Waals surface area contributed by atoms with Crippen molar-refractivity contribution in [1.29, 1.82) is 0 Å². The lowest BCUT2D eigenvalue weighted by Crippen LogP contribution is -2.47. The zero-order chi connectivity index (χ0) is 14.5. The molecule has 1 saturated heterocycles. The number of rotatable bonds is 4. The normalized spacial score (nSPS) is 18.5. The van der Waals surface area contributed by atoms with Gasteiger partial charge in [-0.1, -0.05) is 18.2 Å². The summed E-state index contributed by atoms with van der Waals surface area (Å²) in [5.74, 6) is 1.06. The predicted molar refractivity (Wildman–Crippen MR) is 76.3 cm³/mol. The Balaban J connectivity index is 1.55. The van der Waals surface area contributed by atoms with Gasteiger partial charge in [-0.05, 0) is 24.3 Å². The zero-order valence-corrected chi connectivity index (χ0v) is 11.6. The first-order chi connectivity index (χ1) is 10.3. The van der Waals surface area contributed by atoms with Gasteiger partial charge in [-0.25, -0.2) is 0 Å². The molecule has 5 heteroatoms. The first-order valence-electron chi connectivity index (χ1n) is 6.95. The summed E-state index contributed by atoms with van der Waals surface area (Å²) in [6.45, 7) is 2.01. The third-order valence-electron chi connectivity index (χ3n) is 3.34. The quantitative estimate of drug-likeness (QED) is 0.865. The summed E-state index contributed by atoms with van der Waals surface area (Å²) in [6, 6.07) is 13.0. The lowest BCUT2D eigenvalue weighted by Gasteiger charge is -2.32. The molecule has 1 fully saturated rings. The Kier molecular flexibility index (Phi) is 4.21. The summed E-state index contributed by atoms with van der Waals surface area (Å²) in [4.78, 5) is 14.0. The number of hydrogen-bond acceptors (Lipinski definition) is 4. The number of hydrogen-bond donors (Lipinski definition) is 0. The van der Waals surface area contributed by atoms with Gasteiger partial charge in [0, 0.05) is 6.54 Å². The van der Waals surface area contributed by atoms with Crippen LogP contribution in [-0.4, -0.2) is 43.2 Å². The number of nitrogens with zero attached hydrogens (tertiary/aromatic N) is 1. The molecule has 0 spiro atoms. The Morgan fingerprint density at radius 2 is 2.10 bits per heavy atom. The molecule has 0 radical (unpaired) electrons. The number of ether oxygens (including phenoxy) is 2. The van der Waals surface area contributed by atoms with E-state index in [0.717, 1.165) is 5.75 Å². The van der Waals surface area contributed by atoms with Gasteiger partial charge in [0.2, 0.25) is 0 Å². The molecule has 1 amide bonds. The average molecular weight is 287 g/mol. The lowest BCUT2D eigenvalue weighted by atomic mass is 10.2. The van der Waals surface area contributed by atoms with Crippen molar-refractivity contribution in [2.75, 3.05) is 26.3 Å². The van der Waals surface area contributed by atoms with Gasteiger partial charge in [0.15, 0.2) is 5.76 Å². The maximum atomic E-state index is 12.2. The smallest absolute Gasteiger partial charge is 0.289 e. The monoisotopic (exact) mass is 287 g/mol. The Morgan fingerprint density at radius 3 is 2.86 bits per heavy atom. The molecule has 2 aromatic rings. The van der Waals surface area contributed by atoms with Crippen LogP contribution in [0.25, 0.3) is 0 Å². The van der Waals surface area contributed by atoms with E-state index >= 15 is 0 Å². The van der Waals surface area contributed by atoms with Gasteiger partial charge in [-0.15, -0.1) is 0 Å². The van der Waals surface area contributed by atoms with Gasteiger partial charge in [0.1, 0.15) is 18.5 Å². The standard InChI is InChI=1S/C16H17NO4/c18-16(15-7-4-9-20-15)17-8-10-19-14(11-17)12-21-13-5-2-1-3-6-13/h1-7,9,14H,8,10-12H2. The van der Waals surface area contributed by atoms with Crippen LogP contribution >= 0.6 is 0 Å². The summed E-state index contributed by atoms with van der Waals surface area (Å²) < 4.78 is 16.5. The number of carbonyl (C=O) groups excluding carboxylic acids is 1. The zero-order valence-electron chi connectivity index (χ0n) is 11.6. The highest BCUT2D eigenvalue weighted by atomic mass is 16.5. The van der Waals surface area contributed by atoms with Crippen LogP contribution in [0.4, 0.5) is 0 Å². The second kappa shape index (κ2) is 6.45. The van der Waals surface area contributed by atoms with E-state index < -0.39 is 0 Å². The summed E-state index contributed by atoms with van der Waals surface area (Å²) in [5, 5.41) is 0. The summed E-state index contributed by atoms with van der Waals surface area (Å²) in [5.41, 5.74) is 0. The minimum atomic E-state index is -0.127. The van der Waals surface area contributed by atoms with Crippen molar-refractivity contribution in [2.45, 2.75) is 6.10 Å². The van der Waals surface area contributed by atoms with Crippen LogP contribution in [0.5, 0.6) is 5.75 Å². The molecule has 110 valence electrons. The molecule has 1 unspecified atom stereocenters. The minimum Gasteiger partial charge on any atom is -0.491 e. The highest BCUT2D eigenvalue weighted by Crippen LogP contribution is 2.14. The molecule has 5 nitrogen and oxygen atoms in total. The van der Waals surface area contributed by atoms with Crippen molar-refractivity contribution in [3.8, 4) is 5.75 Å². The highest BCUT2D eigenvalue weighted by Gasteiger charge is 2.26. The molecule has 1 aliphatic rings. The van der Waals surface area contributed by atoms with Crippen molar-refractivity contribution >= 4 is 5.91 Å². The number of amides is 1. The fourth-order valence-corrected chi connectivity index (χ4v) is 2.27. The van der Waals surface area contributed by atoms with E-state index in [1.54, 1.807) is 17.0 Å². The van der Waals surface area contributed by atoms with E-state index in [0.29, 0.717) is 32.1 Å². The van der Waals surface area contributed by atoms with E-state index in [9.17, 15) is 4.79 Å². The van der Waals surface area contributed by atoms with Gasteiger partial charge < -0.3 is 18.8 Å². The molecular weight excluding hydrogens is 270 g/mol. The minimum absolute atomic E-state index is 0.104. The van der Waals surface area contributed by atoms with E-state index in [1.807, 2.05) is 30.3 Å². The number of carbonyl (C=O) groups is 1. The van der Waals surface area contributed by atoms with Crippen molar-refractivity contribution in [3.63, 3.8) is 0 Å². The SMILES string of the molecule is O=C(c1ccco1)N1CCOC(COc2ccccc2)C1. The molecule has 0 aliphatic carbocycles. The maximum Gasteiger partial charge on any atom is 0.289 e. The molecule has 21 heavy (non-hydrogen) atoms. The summed E-state index contributed by atoms with van der Waals surface area (Å²) in [6.07, 6.45) is 1.38. The van der Waals surface area contributed by atoms with Crippen molar-refractivity contribution in [2.24, 2.45) is 0 Å². The van der Waals surface area contributed by atoms with Gasteiger partial charge in [0.05, 0.1) is 19.4 Å². The van der Waals surface area contributed by atoms with Crippen LogP contribution in [-0.2, 0) is 4.74 Å². The molecule has 1 aromatic carbocycles. The first-order valence-corrected chi connectivity index (χ1v) is 6.95. The predicted octanol–water partition coefficient (Wildman–Crippen LogP) is 2.20. The number of furan rings is 1. The van der Waals surface area contributed by atoms with E-state index in [-0.39, 0.29) is 12.0 Å². The molecule has 0 saturated carbocycles. The van der Waals surface area contributed by atoms with E-state index in [1.165, 1.54) is 6.26 Å². The largest absolute Gasteiger partial charge is 0.491 e. The van der Waals surface area contributed by atoms with Crippen molar-refractivity contribution in [1.82, 2.24) is 4.90 Å². The molecular formula is C16H17NO4. The molecule has 2 heterocycles. The van der Waals surface area contributed by atoms with Crippen LogP contribution in [0.1, 0.15) is 10.6 Å². The molecule has 0 bridgehead atoms. The summed E-state index contributed by atoms with van der Waals surface area (Å²) in [7, 11) is 0. The third kappa shape index (κ3) is 3.44. The fourth-order valence-electron chi connectivity index (χ4n) is 2.27. The van der Waals surface area contributed by atoms with Crippen molar-refractivity contribution in [3.05, 3.63) is 54.5 Å². The Bertz CT molecular complexity index is 567. The highest BCUT2D eigenvalue weighted by molar-refractivity contribution is 5.91. The topological polar surface area (TPSA) is 51.9 Å². The van der Waals surface area contributed by atoms with Crippen LogP contribution in [0.2, 0.25) is 0 Å². The first kappa shape index (κ1) is 13.7. The molecule has 1 aliphatic heterocycles. The Labute approximate surface area is 123 Å². The molecule has 3 rings (SSSR count). The van der Waals surface area contributed by atoms with Gasteiger partial charge >= 0.3 is 0 Å². The second-order valence-electron chi connectivity index (χ2n) is 4.85. The maximum absolute atomic E-state index is 12.2. The summed E-state index contributed by atoms with van der Waals surface area (Å²) >= 11 is 0. The van der Waals surface area contributed by atoms with Gasteiger partial charge in [-0.2, -0.15) is 0 Å². The third-order valence-corrected chi connectivity index (χ3v) is 3.34. The number of para-hydroxylation sites is 1. The van der Waals surface area contributed by atoms with Crippen molar-refractivity contribution < 1.29 is 18.7 Å². The molecule has 0 N–H and O–H groups in total. The average Bonchev–Trinajstić information content (AvgIpc) is 3.08. The fraction of sp³-hybridized carbons (Fsp3) is 0.312. The van der Waals surface area contributed by atoms with E-state index in [2.05, 4.69) is 0 Å². The van der Waals surface area contributed by atoms with Crippen LogP contribution in [0.15, 0.2) is 53.1 Å². The number of morpholine rings is 1. The Morgan fingerprint density at radius 1 is 1.24 bits per heavy atom. The Hall–Kier alpha value is -2.27. The van der Waals surface area contributed by atoms with E-state index in [4.69, 9.17) is 13.9 Å². The second-order valence-corrected chi connectivity index (χ2v) is 4.85.